The lowest BCUT2D eigenvalue weighted by Crippen LogP contribution is -2.21. The zero-order chi connectivity index (χ0) is 13.7. The first-order valence-electron chi connectivity index (χ1n) is 6.25. The van der Waals surface area contributed by atoms with Crippen molar-refractivity contribution in [2.75, 3.05) is 14.1 Å². The topological polar surface area (TPSA) is 37.4 Å². The monoisotopic (exact) mass is 247 g/mol. The summed E-state index contributed by atoms with van der Waals surface area (Å²) in [5, 5.41) is 0. The molecule has 1 aromatic rings. The van der Waals surface area contributed by atoms with E-state index in [1.54, 1.807) is 19.0 Å². The van der Waals surface area contributed by atoms with Crippen LogP contribution in [0.4, 0.5) is 0 Å². The first-order chi connectivity index (χ1) is 8.41. The number of amides is 1. The Labute approximate surface area is 109 Å². The zero-order valence-corrected chi connectivity index (χ0v) is 11.6. The second-order valence-electron chi connectivity index (χ2n) is 5.02. The van der Waals surface area contributed by atoms with Gasteiger partial charge in [-0.3, -0.25) is 9.59 Å². The number of hydrogen-bond donors (Lipinski definition) is 0. The minimum absolute atomic E-state index is 0.000179. The van der Waals surface area contributed by atoms with Gasteiger partial charge in [0.05, 0.1) is 0 Å². The molecule has 3 heteroatoms. The Kier molecular flexibility index (Phi) is 5.08. The summed E-state index contributed by atoms with van der Waals surface area (Å²) < 4.78 is 0. The van der Waals surface area contributed by atoms with Crippen molar-refractivity contribution in [2.45, 2.75) is 26.7 Å². The summed E-state index contributed by atoms with van der Waals surface area (Å²) in [4.78, 5) is 24.8. The molecule has 3 nitrogen and oxygen atoms in total. The van der Waals surface area contributed by atoms with E-state index in [0.29, 0.717) is 12.0 Å². The van der Waals surface area contributed by atoms with Crippen LogP contribution in [0.15, 0.2) is 24.3 Å². The van der Waals surface area contributed by atoms with E-state index in [1.165, 1.54) is 0 Å². The number of aryl methyl sites for hydroxylation is 1. The first-order valence-corrected chi connectivity index (χ1v) is 6.25. The van der Waals surface area contributed by atoms with Crippen LogP contribution in [0, 0.1) is 5.92 Å². The number of carbonyl (C=O) groups excluding carboxylic acids is 2. The summed E-state index contributed by atoms with van der Waals surface area (Å²) in [7, 11) is 3.47. The lowest BCUT2D eigenvalue weighted by Gasteiger charge is -2.10. The Bertz CT molecular complexity index is 419. The van der Waals surface area contributed by atoms with Crippen molar-refractivity contribution >= 4 is 11.7 Å². The maximum Gasteiger partial charge on any atom is 0.253 e. The summed E-state index contributed by atoms with van der Waals surface area (Å²) in [5.41, 5.74) is 1.78. The van der Waals surface area contributed by atoms with Gasteiger partial charge in [0.1, 0.15) is 5.78 Å². The standard InChI is InChI=1S/C15H21NO2/c1-11(2)14(17)10-7-12-5-8-13(9-6-12)15(18)16(3)4/h5-6,8-9,11H,7,10H2,1-4H3. The highest BCUT2D eigenvalue weighted by molar-refractivity contribution is 5.93. The molecule has 0 aliphatic carbocycles. The summed E-state index contributed by atoms with van der Waals surface area (Å²) in [6, 6.07) is 7.48. The molecule has 0 aliphatic heterocycles. The maximum atomic E-state index is 11.7. The van der Waals surface area contributed by atoms with E-state index in [-0.39, 0.29) is 17.6 Å². The highest BCUT2D eigenvalue weighted by atomic mass is 16.2. The van der Waals surface area contributed by atoms with Crippen molar-refractivity contribution in [1.82, 2.24) is 4.90 Å². The lowest BCUT2D eigenvalue weighted by atomic mass is 10.0. The van der Waals surface area contributed by atoms with Gasteiger partial charge in [0, 0.05) is 32.0 Å². The van der Waals surface area contributed by atoms with Crippen LogP contribution >= 0.6 is 0 Å². The van der Waals surface area contributed by atoms with Gasteiger partial charge >= 0.3 is 0 Å². The summed E-state index contributed by atoms with van der Waals surface area (Å²) in [5.74, 6) is 0.378. The quantitative estimate of drug-likeness (QED) is 0.802. The van der Waals surface area contributed by atoms with Gasteiger partial charge in [-0.1, -0.05) is 26.0 Å². The Morgan fingerprint density at radius 2 is 1.67 bits per heavy atom. The van der Waals surface area contributed by atoms with Crippen LogP contribution in [0.2, 0.25) is 0 Å². The van der Waals surface area contributed by atoms with Crippen LogP contribution in [-0.4, -0.2) is 30.7 Å². The first kappa shape index (κ1) is 14.4. The maximum absolute atomic E-state index is 11.7. The van der Waals surface area contributed by atoms with Crippen LogP contribution in [0.25, 0.3) is 0 Å². The van der Waals surface area contributed by atoms with Crippen molar-refractivity contribution in [3.05, 3.63) is 35.4 Å². The van der Waals surface area contributed by atoms with E-state index >= 15 is 0 Å². The van der Waals surface area contributed by atoms with E-state index < -0.39 is 0 Å². The average Bonchev–Trinajstić information content (AvgIpc) is 2.35. The summed E-state index contributed by atoms with van der Waals surface area (Å²) in [6.07, 6.45) is 1.31. The Morgan fingerprint density at radius 3 is 2.11 bits per heavy atom. The molecule has 1 amide bonds. The molecule has 0 saturated heterocycles. The molecule has 0 N–H and O–H groups in total. The predicted octanol–water partition coefficient (Wildman–Crippen LogP) is 2.55. The third-order valence-electron chi connectivity index (χ3n) is 2.91. The van der Waals surface area contributed by atoms with Crippen molar-refractivity contribution in [3.8, 4) is 0 Å². The Morgan fingerprint density at radius 1 is 1.11 bits per heavy atom. The van der Waals surface area contributed by atoms with Crippen LogP contribution in [-0.2, 0) is 11.2 Å². The molecule has 18 heavy (non-hydrogen) atoms. The van der Waals surface area contributed by atoms with Gasteiger partial charge in [0.15, 0.2) is 0 Å². The van der Waals surface area contributed by atoms with Crippen LogP contribution in [0.5, 0.6) is 0 Å². The highest BCUT2D eigenvalue weighted by Crippen LogP contribution is 2.10. The molecule has 1 aromatic carbocycles. The van der Waals surface area contributed by atoms with Crippen LogP contribution < -0.4 is 0 Å². The SMILES string of the molecule is CC(C)C(=O)CCc1ccc(C(=O)N(C)C)cc1. The van der Waals surface area contributed by atoms with Crippen molar-refractivity contribution in [3.63, 3.8) is 0 Å². The summed E-state index contributed by atoms with van der Waals surface area (Å²) in [6.45, 7) is 3.84. The fourth-order valence-corrected chi connectivity index (χ4v) is 1.63. The Balaban J connectivity index is 2.61. The number of rotatable bonds is 5. The third kappa shape index (κ3) is 3.99. The predicted molar refractivity (Wildman–Crippen MR) is 72.6 cm³/mol. The molecule has 1 rings (SSSR count). The molecular weight excluding hydrogens is 226 g/mol. The minimum atomic E-state index is -0.000179. The fraction of sp³-hybridized carbons (Fsp3) is 0.467. The average molecular weight is 247 g/mol. The fourth-order valence-electron chi connectivity index (χ4n) is 1.63. The van der Waals surface area contributed by atoms with E-state index in [9.17, 15) is 9.59 Å². The Hall–Kier alpha value is -1.64. The van der Waals surface area contributed by atoms with Gasteiger partial charge in [-0.25, -0.2) is 0 Å². The lowest BCUT2D eigenvalue weighted by molar-refractivity contribution is -0.121. The molecule has 0 atom stereocenters. The third-order valence-corrected chi connectivity index (χ3v) is 2.91. The van der Waals surface area contributed by atoms with E-state index in [0.717, 1.165) is 12.0 Å². The van der Waals surface area contributed by atoms with Crippen molar-refractivity contribution < 1.29 is 9.59 Å². The molecule has 0 bridgehead atoms. The molecule has 0 heterocycles. The molecular formula is C15H21NO2. The van der Waals surface area contributed by atoms with Gasteiger partial charge in [0.2, 0.25) is 0 Å². The number of benzene rings is 1. The molecule has 0 aliphatic rings. The van der Waals surface area contributed by atoms with Crippen molar-refractivity contribution in [2.24, 2.45) is 5.92 Å². The second-order valence-corrected chi connectivity index (χ2v) is 5.02. The number of nitrogens with zero attached hydrogens (tertiary/aromatic N) is 1. The molecule has 0 radical (unpaired) electrons. The number of Topliss-reactive ketones (excluding diaryl/α,β-unsaturated/α-hetero) is 1. The molecule has 0 aromatic heterocycles. The molecule has 98 valence electrons. The van der Waals surface area contributed by atoms with Gasteiger partial charge < -0.3 is 4.90 Å². The smallest absolute Gasteiger partial charge is 0.253 e. The van der Waals surface area contributed by atoms with E-state index in [4.69, 9.17) is 0 Å². The van der Waals surface area contributed by atoms with Gasteiger partial charge in [-0.2, -0.15) is 0 Å². The summed E-state index contributed by atoms with van der Waals surface area (Å²) >= 11 is 0. The van der Waals surface area contributed by atoms with Gasteiger partial charge in [0.25, 0.3) is 5.91 Å². The largest absolute Gasteiger partial charge is 0.345 e. The minimum Gasteiger partial charge on any atom is -0.345 e. The molecule has 0 unspecified atom stereocenters. The van der Waals surface area contributed by atoms with Crippen molar-refractivity contribution in [1.29, 1.82) is 0 Å². The molecule has 0 fully saturated rings. The number of carbonyl (C=O) groups is 2. The normalized spacial score (nSPS) is 10.5. The molecule has 0 saturated carbocycles. The van der Waals surface area contributed by atoms with Gasteiger partial charge in [-0.15, -0.1) is 0 Å². The second kappa shape index (κ2) is 6.34. The highest BCUT2D eigenvalue weighted by Gasteiger charge is 2.09. The molecule has 0 spiro atoms. The van der Waals surface area contributed by atoms with E-state index in [2.05, 4.69) is 0 Å². The zero-order valence-electron chi connectivity index (χ0n) is 11.6. The number of hydrogen-bond acceptors (Lipinski definition) is 2. The van der Waals surface area contributed by atoms with Crippen LogP contribution in [0.3, 0.4) is 0 Å². The van der Waals surface area contributed by atoms with Crippen LogP contribution in [0.1, 0.15) is 36.2 Å². The van der Waals surface area contributed by atoms with Gasteiger partial charge in [-0.05, 0) is 24.1 Å². The van der Waals surface area contributed by atoms with E-state index in [1.807, 2.05) is 38.1 Å². The number of ketones is 1.